The number of hydrogen-bond acceptors (Lipinski definition) is 1. The highest BCUT2D eigenvalue weighted by Crippen LogP contribution is 2.32. The van der Waals surface area contributed by atoms with Crippen LogP contribution < -0.4 is 5.32 Å². The van der Waals surface area contributed by atoms with Gasteiger partial charge in [0.15, 0.2) is 0 Å². The summed E-state index contributed by atoms with van der Waals surface area (Å²) in [6, 6.07) is 10.1. The van der Waals surface area contributed by atoms with Crippen LogP contribution in [-0.4, -0.2) is 17.4 Å². The van der Waals surface area contributed by atoms with Gasteiger partial charge >= 0.3 is 0 Å². The molecule has 16 heavy (non-hydrogen) atoms. The molecule has 0 fully saturated rings. The molecule has 0 bridgehead atoms. The van der Waals surface area contributed by atoms with E-state index in [1.165, 1.54) is 0 Å². The third-order valence-corrected chi connectivity index (χ3v) is 3.65. The van der Waals surface area contributed by atoms with Crippen molar-refractivity contribution in [1.29, 1.82) is 0 Å². The van der Waals surface area contributed by atoms with Crippen LogP contribution in [0.2, 0.25) is 0 Å². The van der Waals surface area contributed by atoms with Gasteiger partial charge in [-0.1, -0.05) is 59.8 Å². The molecule has 1 N–H and O–H groups in total. The van der Waals surface area contributed by atoms with Gasteiger partial charge in [0.2, 0.25) is 5.91 Å². The lowest BCUT2D eigenvalue weighted by Gasteiger charge is -2.30. The summed E-state index contributed by atoms with van der Waals surface area (Å²) in [5, 5.41) is 2.80. The van der Waals surface area contributed by atoms with E-state index in [-0.39, 0.29) is 11.3 Å². The predicted octanol–water partition coefficient (Wildman–Crippen LogP) is 2.91. The molecule has 0 spiro atoms. The summed E-state index contributed by atoms with van der Waals surface area (Å²) < 4.78 is 0.980. The number of nitrogens with one attached hydrogen (secondary N) is 1. The molecule has 88 valence electrons. The van der Waals surface area contributed by atoms with Crippen LogP contribution in [0, 0.1) is 0 Å². The zero-order chi connectivity index (χ0) is 12.0. The van der Waals surface area contributed by atoms with Crippen LogP contribution in [0.15, 0.2) is 30.3 Å². The summed E-state index contributed by atoms with van der Waals surface area (Å²) >= 11 is 2.33. The summed E-state index contributed by atoms with van der Waals surface area (Å²) in [6.07, 6.45) is 1.72. The second kappa shape index (κ2) is 6.23. The standard InChI is InChI=1S/C13H18INO/c1-3-13(9-10-14,12(16)15-2)11-7-5-4-6-8-11/h4-8H,3,9-10H2,1-2H3,(H,15,16). The molecule has 1 aromatic rings. The number of halogens is 1. The Morgan fingerprint density at radius 2 is 2.00 bits per heavy atom. The van der Waals surface area contributed by atoms with Crippen molar-refractivity contribution in [3.63, 3.8) is 0 Å². The van der Waals surface area contributed by atoms with Gasteiger partial charge in [-0.15, -0.1) is 0 Å². The molecule has 3 heteroatoms. The molecule has 0 aliphatic rings. The van der Waals surface area contributed by atoms with Gasteiger partial charge in [0, 0.05) is 11.5 Å². The molecule has 1 aromatic carbocycles. The molecule has 0 aromatic heterocycles. The van der Waals surface area contributed by atoms with Crippen molar-refractivity contribution in [3.8, 4) is 0 Å². The fourth-order valence-electron chi connectivity index (χ4n) is 2.09. The van der Waals surface area contributed by atoms with Crippen LogP contribution in [0.25, 0.3) is 0 Å². The van der Waals surface area contributed by atoms with Crippen molar-refractivity contribution in [2.24, 2.45) is 0 Å². The highest BCUT2D eigenvalue weighted by Gasteiger charge is 2.36. The summed E-state index contributed by atoms with van der Waals surface area (Å²) in [4.78, 5) is 12.1. The molecule has 1 unspecified atom stereocenters. The molecule has 1 atom stereocenters. The van der Waals surface area contributed by atoms with Gasteiger partial charge in [0.05, 0.1) is 5.41 Å². The number of benzene rings is 1. The number of carbonyl (C=O) groups excluding carboxylic acids is 1. The minimum atomic E-state index is -0.364. The van der Waals surface area contributed by atoms with Gasteiger partial charge < -0.3 is 5.32 Å². The third kappa shape index (κ3) is 2.56. The van der Waals surface area contributed by atoms with Gasteiger partial charge in [0.1, 0.15) is 0 Å². The van der Waals surface area contributed by atoms with Crippen molar-refractivity contribution in [1.82, 2.24) is 5.32 Å². The van der Waals surface area contributed by atoms with Crippen molar-refractivity contribution in [2.45, 2.75) is 25.2 Å². The number of likely N-dealkylation sites (N-methyl/N-ethyl adjacent to an activating group) is 1. The molecule has 0 saturated carbocycles. The number of hydrogen-bond donors (Lipinski definition) is 1. The molecule has 1 rings (SSSR count). The predicted molar refractivity (Wildman–Crippen MR) is 76.0 cm³/mol. The Balaban J connectivity index is 3.17. The monoisotopic (exact) mass is 331 g/mol. The highest BCUT2D eigenvalue weighted by molar-refractivity contribution is 14.1. The number of amides is 1. The van der Waals surface area contributed by atoms with E-state index >= 15 is 0 Å². The van der Waals surface area contributed by atoms with Crippen LogP contribution in [0.5, 0.6) is 0 Å². The Labute approximate surface area is 111 Å². The van der Waals surface area contributed by atoms with Gasteiger partial charge in [0.25, 0.3) is 0 Å². The van der Waals surface area contributed by atoms with Gasteiger partial charge in [-0.3, -0.25) is 4.79 Å². The van der Waals surface area contributed by atoms with E-state index in [4.69, 9.17) is 0 Å². The van der Waals surface area contributed by atoms with E-state index in [0.29, 0.717) is 0 Å². The molecule has 0 heterocycles. The molecule has 0 saturated heterocycles. The first-order chi connectivity index (χ1) is 7.71. The first kappa shape index (κ1) is 13.5. The van der Waals surface area contributed by atoms with E-state index in [1.54, 1.807) is 7.05 Å². The smallest absolute Gasteiger partial charge is 0.230 e. The summed E-state index contributed by atoms with van der Waals surface area (Å²) in [6.45, 7) is 2.08. The quantitative estimate of drug-likeness (QED) is 0.652. The van der Waals surface area contributed by atoms with E-state index < -0.39 is 0 Å². The second-order valence-electron chi connectivity index (χ2n) is 3.82. The van der Waals surface area contributed by atoms with Crippen molar-refractivity contribution in [2.75, 3.05) is 11.5 Å². The molecular weight excluding hydrogens is 313 g/mol. The van der Waals surface area contributed by atoms with E-state index in [0.717, 1.165) is 22.8 Å². The Morgan fingerprint density at radius 3 is 2.44 bits per heavy atom. The van der Waals surface area contributed by atoms with Gasteiger partial charge in [-0.2, -0.15) is 0 Å². The van der Waals surface area contributed by atoms with Crippen LogP contribution in [0.4, 0.5) is 0 Å². The Bertz CT molecular complexity index is 339. The zero-order valence-electron chi connectivity index (χ0n) is 9.79. The third-order valence-electron chi connectivity index (χ3n) is 3.11. The molecule has 1 amide bonds. The Kier molecular flexibility index (Phi) is 5.25. The maximum Gasteiger partial charge on any atom is 0.230 e. The maximum absolute atomic E-state index is 12.1. The highest BCUT2D eigenvalue weighted by atomic mass is 127. The SMILES string of the molecule is CCC(CCI)(C(=O)NC)c1ccccc1. The average Bonchev–Trinajstić information content (AvgIpc) is 2.36. The van der Waals surface area contributed by atoms with Crippen LogP contribution in [-0.2, 0) is 10.2 Å². The fraction of sp³-hybridized carbons (Fsp3) is 0.462. The number of alkyl halides is 1. The second-order valence-corrected chi connectivity index (χ2v) is 4.90. The van der Waals surface area contributed by atoms with E-state index in [1.807, 2.05) is 30.3 Å². The maximum atomic E-state index is 12.1. The van der Waals surface area contributed by atoms with Crippen molar-refractivity contribution in [3.05, 3.63) is 35.9 Å². The molecule has 2 nitrogen and oxygen atoms in total. The largest absolute Gasteiger partial charge is 0.358 e. The minimum absolute atomic E-state index is 0.123. The summed E-state index contributed by atoms with van der Waals surface area (Å²) in [5.74, 6) is 0.123. The summed E-state index contributed by atoms with van der Waals surface area (Å²) in [5.41, 5.74) is 0.755. The lowest BCUT2D eigenvalue weighted by molar-refractivity contribution is -0.126. The summed E-state index contributed by atoms with van der Waals surface area (Å²) in [7, 11) is 1.71. The minimum Gasteiger partial charge on any atom is -0.358 e. The fourth-order valence-corrected chi connectivity index (χ4v) is 3.01. The Morgan fingerprint density at radius 1 is 1.38 bits per heavy atom. The van der Waals surface area contributed by atoms with E-state index in [2.05, 4.69) is 34.8 Å². The normalized spacial score (nSPS) is 14.2. The van der Waals surface area contributed by atoms with Crippen LogP contribution in [0.1, 0.15) is 25.3 Å². The molecule has 0 radical (unpaired) electrons. The lowest BCUT2D eigenvalue weighted by atomic mass is 9.75. The first-order valence-corrected chi connectivity index (χ1v) is 7.07. The van der Waals surface area contributed by atoms with Crippen molar-refractivity contribution >= 4 is 28.5 Å². The molecule has 0 aliphatic heterocycles. The first-order valence-electron chi connectivity index (χ1n) is 5.55. The van der Waals surface area contributed by atoms with Gasteiger partial charge in [-0.25, -0.2) is 0 Å². The molecule has 0 aliphatic carbocycles. The number of carbonyl (C=O) groups is 1. The average molecular weight is 331 g/mol. The molecular formula is C13H18INO. The zero-order valence-corrected chi connectivity index (χ0v) is 12.0. The number of rotatable bonds is 5. The van der Waals surface area contributed by atoms with Gasteiger partial charge in [-0.05, 0) is 18.4 Å². The Hall–Kier alpha value is -0.580. The van der Waals surface area contributed by atoms with Crippen molar-refractivity contribution < 1.29 is 4.79 Å². The van der Waals surface area contributed by atoms with Crippen LogP contribution >= 0.6 is 22.6 Å². The lowest BCUT2D eigenvalue weighted by Crippen LogP contribution is -2.43. The van der Waals surface area contributed by atoms with E-state index in [9.17, 15) is 4.79 Å². The van der Waals surface area contributed by atoms with Crippen LogP contribution in [0.3, 0.4) is 0 Å². The topological polar surface area (TPSA) is 29.1 Å².